The lowest BCUT2D eigenvalue weighted by Crippen LogP contribution is -2.71. The van der Waals surface area contributed by atoms with Crippen LogP contribution >= 0.6 is 46.2 Å². The summed E-state index contributed by atoms with van der Waals surface area (Å²) in [6, 6.07) is 4.87. The van der Waals surface area contributed by atoms with Crippen LogP contribution in [-0.2, 0) is 36.2 Å². The average molecular weight is 727 g/mol. The molecule has 3 aromatic heterocycles. The molecule has 17 nitrogen and oxygen atoms in total. The number of nitrogens with one attached hydrogen (secondary N) is 1. The van der Waals surface area contributed by atoms with E-state index in [0.29, 0.717) is 17.1 Å². The van der Waals surface area contributed by atoms with E-state index in [1.165, 1.54) is 46.9 Å². The number of aromatic nitrogens is 3. The highest BCUT2D eigenvalue weighted by molar-refractivity contribution is 8.01. The summed E-state index contributed by atoms with van der Waals surface area (Å²) >= 11 is 5.30. The van der Waals surface area contributed by atoms with Crippen LogP contribution in [0, 0.1) is 11.3 Å². The summed E-state index contributed by atoms with van der Waals surface area (Å²) in [5, 5.41) is 28.3. The van der Waals surface area contributed by atoms with E-state index < -0.39 is 39.6 Å². The molecule has 5 rings (SSSR count). The summed E-state index contributed by atoms with van der Waals surface area (Å²) in [5.74, 6) is -1.80. The van der Waals surface area contributed by atoms with E-state index in [1.54, 1.807) is 5.38 Å². The number of nitrogens with two attached hydrogens (primary N) is 1. The number of hydrogen-bond donors (Lipinski definition) is 4. The van der Waals surface area contributed by atoms with Gasteiger partial charge in [0, 0.05) is 28.2 Å². The van der Waals surface area contributed by atoms with Crippen LogP contribution in [-0.4, -0.2) is 91.0 Å². The maximum atomic E-state index is 13.1. The zero-order valence-corrected chi connectivity index (χ0v) is 27.4. The number of carboxylic acids is 1. The van der Waals surface area contributed by atoms with E-state index in [0.717, 1.165) is 26.9 Å². The Morgan fingerprint density at radius 2 is 2.11 bits per heavy atom. The number of pyridine rings is 1. The van der Waals surface area contributed by atoms with Gasteiger partial charge in [0.1, 0.15) is 29.9 Å². The number of carbonyl (C=O) groups is 3. The van der Waals surface area contributed by atoms with Crippen LogP contribution in [0.5, 0.6) is 0 Å². The van der Waals surface area contributed by atoms with Gasteiger partial charge in [-0.05, 0) is 6.07 Å². The second-order valence-electron chi connectivity index (χ2n) is 8.95. The summed E-state index contributed by atoms with van der Waals surface area (Å²) in [5.41, 5.74) is 7.78. The van der Waals surface area contributed by atoms with Gasteiger partial charge in [-0.3, -0.25) is 19.0 Å². The molecule has 5 heterocycles. The topological polar surface area (TPSA) is 265 Å². The van der Waals surface area contributed by atoms with Gasteiger partial charge >= 0.3 is 5.97 Å². The van der Waals surface area contributed by atoms with Crippen molar-refractivity contribution in [2.45, 2.75) is 22.3 Å². The number of oxime groups is 1. The largest absolute Gasteiger partial charge is 0.726 e. The highest BCUT2D eigenvalue weighted by Crippen LogP contribution is 2.40. The molecule has 0 radical (unpaired) electrons. The predicted molar refractivity (Wildman–Crippen MR) is 166 cm³/mol. The third-order valence-corrected chi connectivity index (χ3v) is 9.87. The van der Waals surface area contributed by atoms with Gasteiger partial charge in [-0.2, -0.15) is 5.26 Å². The lowest BCUT2D eigenvalue weighted by atomic mass is 10.0. The SMILES string of the molecule is CO/N=C(\C(=O)NC1C(=O)N2C(C(=O)O)=C(C[n+]3cccc(-c4csc(SCC#N)n4)c3)CSC12)c1csc(N)n1.O=S(=O)([O-])O. The fourth-order valence-corrected chi connectivity index (χ4v) is 7.63. The van der Waals surface area contributed by atoms with Crippen LogP contribution < -0.4 is 15.6 Å². The maximum Gasteiger partial charge on any atom is 0.352 e. The average Bonchev–Trinajstić information content (AvgIpc) is 3.65. The van der Waals surface area contributed by atoms with Crippen LogP contribution in [0.15, 0.2) is 56.1 Å². The molecule has 5 N–H and O–H groups in total. The molecule has 0 spiro atoms. The molecule has 2 aliphatic rings. The second-order valence-corrected chi connectivity index (χ2v) is 13.9. The molecule has 1 saturated heterocycles. The molecule has 2 amide bonds. The number of β-lactam (4-membered cyclic amide) rings is 1. The summed E-state index contributed by atoms with van der Waals surface area (Å²) in [4.78, 5) is 53.0. The van der Waals surface area contributed by atoms with Crippen LogP contribution in [0.4, 0.5) is 5.13 Å². The molecular formula is C24H22N8O9S5. The molecule has 0 aliphatic carbocycles. The van der Waals surface area contributed by atoms with Gasteiger partial charge in [-0.15, -0.1) is 34.4 Å². The molecule has 0 aromatic carbocycles. The monoisotopic (exact) mass is 726 g/mol. The minimum absolute atomic E-state index is 0.0935. The van der Waals surface area contributed by atoms with Gasteiger partial charge < -0.3 is 25.5 Å². The normalized spacial score (nSPS) is 17.7. The molecule has 3 aromatic rings. The molecule has 0 saturated carbocycles. The molecule has 2 aliphatic heterocycles. The van der Waals surface area contributed by atoms with Gasteiger partial charge in [0.2, 0.25) is 10.4 Å². The van der Waals surface area contributed by atoms with Crippen molar-refractivity contribution in [1.29, 1.82) is 5.26 Å². The Kier molecular flexibility index (Phi) is 11.3. The number of fused-ring (bicyclic) bond motifs is 1. The van der Waals surface area contributed by atoms with Crippen molar-refractivity contribution in [1.82, 2.24) is 20.2 Å². The van der Waals surface area contributed by atoms with Gasteiger partial charge in [0.15, 0.2) is 34.1 Å². The highest BCUT2D eigenvalue weighted by Gasteiger charge is 2.54. The number of anilines is 1. The minimum Gasteiger partial charge on any atom is -0.726 e. The molecule has 242 valence electrons. The van der Waals surface area contributed by atoms with Gasteiger partial charge in [0.05, 0.1) is 23.1 Å². The van der Waals surface area contributed by atoms with Gasteiger partial charge in [-0.25, -0.2) is 27.7 Å². The first-order valence-corrected chi connectivity index (χ1v) is 17.6. The fraction of sp³-hybridized carbons (Fsp3) is 0.250. The van der Waals surface area contributed by atoms with Crippen molar-refractivity contribution in [3.8, 4) is 17.3 Å². The van der Waals surface area contributed by atoms with Gasteiger partial charge in [0.25, 0.3) is 11.8 Å². The Hall–Kier alpha value is -4.11. The predicted octanol–water partition coefficient (Wildman–Crippen LogP) is 0.546. The zero-order chi connectivity index (χ0) is 33.6. The molecular weight excluding hydrogens is 705 g/mol. The number of nitriles is 1. The Bertz CT molecular complexity index is 1860. The van der Waals surface area contributed by atoms with Crippen molar-refractivity contribution >= 4 is 85.2 Å². The van der Waals surface area contributed by atoms with E-state index in [9.17, 15) is 19.5 Å². The van der Waals surface area contributed by atoms with E-state index in [1.807, 2.05) is 34.5 Å². The van der Waals surface area contributed by atoms with Crippen LogP contribution in [0.3, 0.4) is 0 Å². The van der Waals surface area contributed by atoms with Crippen LogP contribution in [0.25, 0.3) is 11.3 Å². The first-order chi connectivity index (χ1) is 21.8. The standard InChI is InChI=1S/C24H20N8O5S4.H2O4S/c1-37-30-16(15-11-40-23(26)27-15)19(33)29-17-20(34)32-18(22(35)36)13(9-39-21(17)32)8-31-5-2-3-12(7-31)14-10-41-24(28-14)38-6-4-25;1-5(2,3)4/h2-3,5,7,10-11,17,21H,6,8-9H2,1H3,(H3-,26,27,29,33,35,36);(H2,1,2,3,4)/b30-16-;. The maximum absolute atomic E-state index is 13.1. The third-order valence-electron chi connectivity index (χ3n) is 5.97. The summed E-state index contributed by atoms with van der Waals surface area (Å²) in [6.07, 6.45) is 3.67. The Morgan fingerprint density at radius 3 is 2.74 bits per heavy atom. The number of carbonyl (C=O) groups excluding carboxylic acids is 2. The number of carboxylic acid groups (broad SMARTS) is 1. The number of amides is 2. The van der Waals surface area contributed by atoms with E-state index in [4.69, 9.17) is 33.4 Å². The van der Waals surface area contributed by atoms with Crippen molar-refractivity contribution in [3.05, 3.63) is 52.3 Å². The minimum atomic E-state index is -4.92. The first kappa shape index (κ1) is 34.8. The van der Waals surface area contributed by atoms with Gasteiger partial charge in [-0.1, -0.05) is 16.9 Å². The number of nitrogen functional groups attached to an aromatic ring is 1. The summed E-state index contributed by atoms with van der Waals surface area (Å²) in [6.45, 7) is 0.242. The number of rotatable bonds is 10. The van der Waals surface area contributed by atoms with Crippen LogP contribution in [0.2, 0.25) is 0 Å². The smallest absolute Gasteiger partial charge is 0.352 e. The summed E-state index contributed by atoms with van der Waals surface area (Å²) < 4.78 is 35.5. The van der Waals surface area contributed by atoms with Crippen molar-refractivity contribution in [3.63, 3.8) is 0 Å². The van der Waals surface area contributed by atoms with E-state index in [2.05, 4.69) is 26.5 Å². The van der Waals surface area contributed by atoms with E-state index >= 15 is 0 Å². The number of aliphatic carboxylic acids is 1. The molecule has 1 fully saturated rings. The molecule has 2 unspecified atom stereocenters. The Morgan fingerprint density at radius 1 is 1.37 bits per heavy atom. The lowest BCUT2D eigenvalue weighted by Gasteiger charge is -2.49. The zero-order valence-electron chi connectivity index (χ0n) is 23.3. The third kappa shape index (κ3) is 8.57. The van der Waals surface area contributed by atoms with Crippen LogP contribution in [0.1, 0.15) is 5.69 Å². The number of hydrogen-bond acceptors (Lipinski definition) is 16. The second kappa shape index (κ2) is 15.0. The molecule has 22 heteroatoms. The Labute approximate surface area is 277 Å². The quantitative estimate of drug-likeness (QED) is 0.0423. The van der Waals surface area contributed by atoms with Crippen molar-refractivity contribution in [2.75, 3.05) is 24.3 Å². The number of thiazole rings is 2. The first-order valence-electron chi connectivity index (χ1n) is 12.5. The molecule has 0 bridgehead atoms. The molecule has 46 heavy (non-hydrogen) atoms. The Balaban J connectivity index is 0.000000892. The molecule has 2 atom stereocenters. The summed E-state index contributed by atoms with van der Waals surface area (Å²) in [7, 11) is -3.64. The van der Waals surface area contributed by atoms with E-state index in [-0.39, 0.29) is 28.8 Å². The highest BCUT2D eigenvalue weighted by atomic mass is 32.3. The number of thioether (sulfide) groups is 2. The van der Waals surface area contributed by atoms with Crippen molar-refractivity contribution in [2.24, 2.45) is 5.16 Å². The fourth-order valence-electron chi connectivity index (χ4n) is 4.25. The van der Waals surface area contributed by atoms with Crippen molar-refractivity contribution < 1.29 is 46.4 Å². The lowest BCUT2D eigenvalue weighted by molar-refractivity contribution is -0.688. The number of nitrogens with zero attached hydrogens (tertiary/aromatic N) is 6.